The summed E-state index contributed by atoms with van der Waals surface area (Å²) in [6.45, 7) is 0. The quantitative estimate of drug-likeness (QED) is 0.508. The fourth-order valence-electron chi connectivity index (χ4n) is 1.34. The Balaban J connectivity index is 2.34. The molecule has 0 radical (unpaired) electrons. The van der Waals surface area contributed by atoms with Crippen LogP contribution in [0.5, 0.6) is 0 Å². The van der Waals surface area contributed by atoms with Crippen molar-refractivity contribution in [1.29, 1.82) is 0 Å². The summed E-state index contributed by atoms with van der Waals surface area (Å²) >= 11 is 18.2. The van der Waals surface area contributed by atoms with Crippen LogP contribution in [0.1, 0.15) is 10.4 Å². The maximum absolute atomic E-state index is 12.0. The van der Waals surface area contributed by atoms with Gasteiger partial charge in [0.25, 0.3) is 5.91 Å². The second-order valence-electron chi connectivity index (χ2n) is 3.45. The molecular weight excluding hydrogens is 349 g/mol. The third kappa shape index (κ3) is 3.18. The minimum absolute atomic E-state index is 0.0142. The molecule has 0 aliphatic carbocycles. The Hall–Kier alpha value is -1.41. The number of thiophene rings is 1. The maximum Gasteiger partial charge on any atom is 0.311 e. The molecule has 0 saturated carbocycles. The van der Waals surface area contributed by atoms with Crippen LogP contribution >= 0.6 is 46.1 Å². The molecule has 0 fully saturated rings. The Bertz CT molecular complexity index is 704. The molecule has 0 unspecified atom stereocenters. The van der Waals surface area contributed by atoms with E-state index in [1.165, 1.54) is 12.1 Å². The Morgan fingerprint density at radius 2 is 2.05 bits per heavy atom. The van der Waals surface area contributed by atoms with Crippen LogP contribution in [-0.2, 0) is 0 Å². The van der Waals surface area contributed by atoms with Gasteiger partial charge < -0.3 is 5.32 Å². The van der Waals surface area contributed by atoms with Crippen molar-refractivity contribution in [3.63, 3.8) is 0 Å². The van der Waals surface area contributed by atoms with E-state index in [1.807, 2.05) is 0 Å². The van der Waals surface area contributed by atoms with Gasteiger partial charge in [0.15, 0.2) is 0 Å². The van der Waals surface area contributed by atoms with Crippen molar-refractivity contribution in [3.05, 3.63) is 47.7 Å². The minimum Gasteiger partial charge on any atom is -0.301 e. The minimum atomic E-state index is -0.679. The lowest BCUT2D eigenvalue weighted by Gasteiger charge is -2.04. The number of carbonyl (C=O) groups is 1. The molecule has 0 spiro atoms. The summed E-state index contributed by atoms with van der Waals surface area (Å²) in [5.41, 5.74) is -0.266. The first-order chi connectivity index (χ1) is 9.38. The smallest absolute Gasteiger partial charge is 0.301 e. The van der Waals surface area contributed by atoms with E-state index < -0.39 is 10.8 Å². The van der Waals surface area contributed by atoms with E-state index in [9.17, 15) is 14.9 Å². The number of hydrogen-bond donors (Lipinski definition) is 1. The van der Waals surface area contributed by atoms with Crippen LogP contribution in [0, 0.1) is 10.1 Å². The number of pyridine rings is 1. The summed E-state index contributed by atoms with van der Waals surface area (Å²) in [6.07, 6.45) is 0. The van der Waals surface area contributed by atoms with Gasteiger partial charge in [-0.25, -0.2) is 4.98 Å². The van der Waals surface area contributed by atoms with Crippen LogP contribution in [0.3, 0.4) is 0 Å². The number of nitrogens with one attached hydrogen (secondary N) is 1. The van der Waals surface area contributed by atoms with Crippen molar-refractivity contribution in [1.82, 2.24) is 4.98 Å². The summed E-state index contributed by atoms with van der Waals surface area (Å²) in [5.74, 6) is -0.915. The van der Waals surface area contributed by atoms with Gasteiger partial charge >= 0.3 is 5.69 Å². The molecular formula is C10H4Cl3N3O3S. The van der Waals surface area contributed by atoms with Crippen molar-refractivity contribution in [2.24, 2.45) is 0 Å². The first-order valence-electron chi connectivity index (χ1n) is 4.95. The van der Waals surface area contributed by atoms with Crippen molar-refractivity contribution in [2.45, 2.75) is 0 Å². The van der Waals surface area contributed by atoms with E-state index in [-0.39, 0.29) is 26.6 Å². The number of nitro groups is 1. The zero-order chi connectivity index (χ0) is 14.9. The largest absolute Gasteiger partial charge is 0.311 e. The molecule has 0 aromatic carbocycles. The molecule has 6 nitrogen and oxygen atoms in total. The molecule has 2 heterocycles. The molecule has 2 aromatic heterocycles. The van der Waals surface area contributed by atoms with Gasteiger partial charge in [0.1, 0.15) is 9.49 Å². The average Bonchev–Trinajstić information content (AvgIpc) is 2.68. The Kier molecular flexibility index (Phi) is 4.44. The van der Waals surface area contributed by atoms with Gasteiger partial charge in [-0.2, -0.15) is 0 Å². The predicted molar refractivity (Wildman–Crippen MR) is 78.2 cm³/mol. The predicted octanol–water partition coefficient (Wildman–Crippen LogP) is 4.26. The van der Waals surface area contributed by atoms with E-state index in [1.54, 1.807) is 0 Å². The van der Waals surface area contributed by atoms with Gasteiger partial charge in [-0.3, -0.25) is 14.9 Å². The monoisotopic (exact) mass is 351 g/mol. The fraction of sp³-hybridized carbons (Fsp3) is 0. The van der Waals surface area contributed by atoms with Crippen molar-refractivity contribution in [3.8, 4) is 0 Å². The second-order valence-corrected chi connectivity index (χ2v) is 6.12. The van der Waals surface area contributed by atoms with Gasteiger partial charge in [0.05, 0.1) is 14.8 Å². The molecule has 20 heavy (non-hydrogen) atoms. The molecule has 0 aliphatic heterocycles. The van der Waals surface area contributed by atoms with Crippen LogP contribution in [0.4, 0.5) is 11.5 Å². The van der Waals surface area contributed by atoms with Crippen molar-refractivity contribution < 1.29 is 9.72 Å². The highest BCUT2D eigenvalue weighted by Gasteiger charge is 2.21. The summed E-state index contributed by atoms with van der Waals surface area (Å²) in [7, 11) is 0. The first-order valence-corrected chi connectivity index (χ1v) is 6.90. The maximum atomic E-state index is 12.0. The van der Waals surface area contributed by atoms with Gasteiger partial charge in [-0.05, 0) is 12.1 Å². The van der Waals surface area contributed by atoms with E-state index >= 15 is 0 Å². The lowest BCUT2D eigenvalue weighted by molar-refractivity contribution is -0.384. The van der Waals surface area contributed by atoms with Gasteiger partial charge in [0.2, 0.25) is 5.82 Å². The highest BCUT2D eigenvalue weighted by atomic mass is 35.5. The molecule has 0 atom stereocenters. The van der Waals surface area contributed by atoms with Gasteiger partial charge in [-0.1, -0.05) is 34.8 Å². The van der Waals surface area contributed by atoms with Gasteiger partial charge in [-0.15, -0.1) is 11.3 Å². The molecule has 0 aliphatic rings. The Morgan fingerprint density at radius 3 is 2.60 bits per heavy atom. The molecule has 0 bridgehead atoms. The van der Waals surface area contributed by atoms with Crippen LogP contribution in [-0.4, -0.2) is 15.8 Å². The molecule has 1 N–H and O–H groups in total. The molecule has 2 aromatic rings. The van der Waals surface area contributed by atoms with E-state index in [4.69, 9.17) is 34.8 Å². The van der Waals surface area contributed by atoms with Crippen LogP contribution in [0.15, 0.2) is 18.2 Å². The number of amides is 1. The van der Waals surface area contributed by atoms with E-state index in [0.717, 1.165) is 17.4 Å². The summed E-state index contributed by atoms with van der Waals surface area (Å²) < 4.78 is 0.505. The van der Waals surface area contributed by atoms with Crippen molar-refractivity contribution in [2.75, 3.05) is 5.32 Å². The highest BCUT2D eigenvalue weighted by molar-refractivity contribution is 7.20. The zero-order valence-electron chi connectivity index (χ0n) is 9.39. The SMILES string of the molecule is O=C(Nc1nc(Cl)ccc1[N+](=O)[O-])c1cc(Cl)sc1Cl. The summed E-state index contributed by atoms with van der Waals surface area (Å²) in [4.78, 5) is 25.9. The second kappa shape index (κ2) is 5.92. The van der Waals surface area contributed by atoms with Gasteiger partial charge in [0, 0.05) is 6.07 Å². The normalized spacial score (nSPS) is 10.3. The number of aromatic nitrogens is 1. The average molecular weight is 353 g/mol. The lowest BCUT2D eigenvalue weighted by Crippen LogP contribution is -2.14. The number of carbonyl (C=O) groups excluding carboxylic acids is 1. The first kappa shape index (κ1) is 15.0. The van der Waals surface area contributed by atoms with E-state index in [0.29, 0.717) is 4.34 Å². The van der Waals surface area contributed by atoms with Crippen LogP contribution in [0.25, 0.3) is 0 Å². The number of nitrogens with zero attached hydrogens (tertiary/aromatic N) is 2. The zero-order valence-corrected chi connectivity index (χ0v) is 12.5. The standard InChI is InChI=1S/C10H4Cl3N3O3S/c11-6-2-1-5(16(18)19)9(14-6)15-10(17)4-3-7(12)20-8(4)13/h1-3H,(H,14,15,17). The topological polar surface area (TPSA) is 85.1 Å². The van der Waals surface area contributed by atoms with Crippen LogP contribution < -0.4 is 5.32 Å². The Morgan fingerprint density at radius 1 is 1.35 bits per heavy atom. The summed E-state index contributed by atoms with van der Waals surface area (Å²) in [6, 6.07) is 3.76. The van der Waals surface area contributed by atoms with Crippen LogP contribution in [0.2, 0.25) is 13.8 Å². The number of anilines is 1. The summed E-state index contributed by atoms with van der Waals surface area (Å²) in [5, 5.41) is 13.2. The lowest BCUT2D eigenvalue weighted by atomic mass is 10.3. The number of hydrogen-bond acceptors (Lipinski definition) is 5. The third-order valence-corrected chi connectivity index (χ3v) is 3.87. The molecule has 10 heteroatoms. The Labute approximate surface area is 131 Å². The number of rotatable bonds is 3. The third-order valence-electron chi connectivity index (χ3n) is 2.17. The molecule has 104 valence electrons. The molecule has 1 amide bonds. The fourth-order valence-corrected chi connectivity index (χ4v) is 2.94. The molecule has 0 saturated heterocycles. The van der Waals surface area contributed by atoms with Crippen molar-refractivity contribution >= 4 is 63.6 Å². The van der Waals surface area contributed by atoms with E-state index in [2.05, 4.69) is 10.3 Å². The molecule has 2 rings (SSSR count). The number of halogens is 3. The highest BCUT2D eigenvalue weighted by Crippen LogP contribution is 2.32.